The molecule has 0 spiro atoms. The molecule has 3 nitrogen and oxygen atoms in total. The number of hydrogen-bond donors (Lipinski definition) is 0. The molecular formula is C16H16ClN3. The summed E-state index contributed by atoms with van der Waals surface area (Å²) in [6.45, 7) is 4.09. The number of imidazole rings is 1. The van der Waals surface area contributed by atoms with Crippen molar-refractivity contribution in [3.8, 4) is 5.69 Å². The summed E-state index contributed by atoms with van der Waals surface area (Å²) in [6.07, 6.45) is 4.57. The molecule has 2 heterocycles. The van der Waals surface area contributed by atoms with Crippen LogP contribution in [0.25, 0.3) is 16.7 Å². The van der Waals surface area contributed by atoms with Gasteiger partial charge in [-0.25, -0.2) is 4.98 Å². The lowest BCUT2D eigenvalue weighted by molar-refractivity contribution is 0.881. The van der Waals surface area contributed by atoms with Gasteiger partial charge in [0.05, 0.1) is 17.1 Å². The van der Waals surface area contributed by atoms with Gasteiger partial charge in [-0.3, -0.25) is 9.55 Å². The molecule has 0 aliphatic rings. The lowest BCUT2D eigenvalue weighted by Crippen LogP contribution is -2.02. The zero-order chi connectivity index (χ0) is 14.1. The molecule has 3 rings (SSSR count). The second kappa shape index (κ2) is 5.25. The maximum atomic E-state index is 6.30. The van der Waals surface area contributed by atoms with E-state index in [1.165, 1.54) is 5.56 Å². The minimum absolute atomic E-state index is 0.160. The molecule has 0 saturated heterocycles. The summed E-state index contributed by atoms with van der Waals surface area (Å²) >= 11 is 6.30. The number of halogens is 1. The van der Waals surface area contributed by atoms with Gasteiger partial charge in [0.25, 0.3) is 0 Å². The lowest BCUT2D eigenvalue weighted by atomic mass is 10.1. The second-order valence-corrected chi connectivity index (χ2v) is 5.46. The summed E-state index contributed by atoms with van der Waals surface area (Å²) in [6, 6.07) is 10.5. The standard InChI is InChI=1S/C16H16ClN3/c1-3-12-5-4-6-13(9-12)20-15-7-8-18-10-14(15)19-16(20)11(2)17/h4-11H,3H2,1-2H3. The first-order chi connectivity index (χ1) is 9.70. The quantitative estimate of drug-likeness (QED) is 0.672. The van der Waals surface area contributed by atoms with Crippen molar-refractivity contribution in [2.45, 2.75) is 25.6 Å². The van der Waals surface area contributed by atoms with Crippen molar-refractivity contribution >= 4 is 22.6 Å². The molecule has 0 saturated carbocycles. The van der Waals surface area contributed by atoms with Crippen LogP contribution in [0.5, 0.6) is 0 Å². The maximum absolute atomic E-state index is 6.30. The smallest absolute Gasteiger partial charge is 0.132 e. The van der Waals surface area contributed by atoms with Crippen LogP contribution in [0.1, 0.15) is 30.6 Å². The van der Waals surface area contributed by atoms with Crippen molar-refractivity contribution in [1.82, 2.24) is 14.5 Å². The van der Waals surface area contributed by atoms with Crippen LogP contribution in [-0.2, 0) is 6.42 Å². The topological polar surface area (TPSA) is 30.7 Å². The first kappa shape index (κ1) is 13.1. The molecule has 1 aromatic carbocycles. The van der Waals surface area contributed by atoms with E-state index in [1.54, 1.807) is 12.4 Å². The van der Waals surface area contributed by atoms with Crippen molar-refractivity contribution < 1.29 is 0 Å². The van der Waals surface area contributed by atoms with E-state index in [2.05, 4.69) is 45.7 Å². The van der Waals surface area contributed by atoms with Crippen molar-refractivity contribution in [2.75, 3.05) is 0 Å². The predicted molar refractivity (Wildman–Crippen MR) is 82.5 cm³/mol. The van der Waals surface area contributed by atoms with Gasteiger partial charge in [-0.2, -0.15) is 0 Å². The van der Waals surface area contributed by atoms with Gasteiger partial charge in [0.15, 0.2) is 0 Å². The van der Waals surface area contributed by atoms with Crippen molar-refractivity contribution in [2.24, 2.45) is 0 Å². The van der Waals surface area contributed by atoms with E-state index in [1.807, 2.05) is 13.0 Å². The summed E-state index contributed by atoms with van der Waals surface area (Å²) in [7, 11) is 0. The molecule has 20 heavy (non-hydrogen) atoms. The zero-order valence-corrected chi connectivity index (χ0v) is 12.3. The largest absolute Gasteiger partial charge is 0.295 e. The fourth-order valence-electron chi connectivity index (χ4n) is 2.40. The molecule has 102 valence electrons. The Morgan fingerprint density at radius 2 is 2.15 bits per heavy atom. The molecule has 0 N–H and O–H groups in total. The fourth-order valence-corrected chi connectivity index (χ4v) is 2.55. The van der Waals surface area contributed by atoms with Gasteiger partial charge >= 0.3 is 0 Å². The minimum atomic E-state index is -0.160. The molecule has 3 aromatic rings. The number of fused-ring (bicyclic) bond motifs is 1. The van der Waals surface area contributed by atoms with Crippen LogP contribution in [0.2, 0.25) is 0 Å². The molecule has 0 fully saturated rings. The summed E-state index contributed by atoms with van der Waals surface area (Å²) in [5.74, 6) is 0.850. The Kier molecular flexibility index (Phi) is 3.45. The highest BCUT2D eigenvalue weighted by atomic mass is 35.5. The highest BCUT2D eigenvalue weighted by molar-refractivity contribution is 6.20. The third-order valence-electron chi connectivity index (χ3n) is 3.42. The van der Waals surface area contributed by atoms with E-state index >= 15 is 0 Å². The van der Waals surface area contributed by atoms with Crippen molar-refractivity contribution in [3.63, 3.8) is 0 Å². The lowest BCUT2D eigenvalue weighted by Gasteiger charge is -2.11. The van der Waals surface area contributed by atoms with Crippen LogP contribution in [0, 0.1) is 0 Å². The molecular weight excluding hydrogens is 270 g/mol. The SMILES string of the molecule is CCc1cccc(-n2c(C(C)Cl)nc3cnccc32)c1. The fraction of sp³-hybridized carbons (Fsp3) is 0.250. The average molecular weight is 286 g/mol. The molecule has 0 amide bonds. The van der Waals surface area contributed by atoms with Crippen LogP contribution in [-0.4, -0.2) is 14.5 Å². The van der Waals surface area contributed by atoms with E-state index in [4.69, 9.17) is 11.6 Å². The van der Waals surface area contributed by atoms with E-state index in [9.17, 15) is 0 Å². The third kappa shape index (κ3) is 2.18. The number of aryl methyl sites for hydroxylation is 1. The van der Waals surface area contributed by atoms with Gasteiger partial charge < -0.3 is 0 Å². The van der Waals surface area contributed by atoms with Gasteiger partial charge in [-0.15, -0.1) is 11.6 Å². The number of pyridine rings is 1. The van der Waals surface area contributed by atoms with Crippen LogP contribution >= 0.6 is 11.6 Å². The summed E-state index contributed by atoms with van der Waals surface area (Å²) < 4.78 is 2.12. The first-order valence-corrected chi connectivity index (χ1v) is 7.20. The molecule has 0 bridgehead atoms. The molecule has 0 aliphatic heterocycles. The monoisotopic (exact) mass is 285 g/mol. The maximum Gasteiger partial charge on any atom is 0.132 e. The number of hydrogen-bond acceptors (Lipinski definition) is 2. The van der Waals surface area contributed by atoms with Gasteiger partial charge in [-0.1, -0.05) is 19.1 Å². The van der Waals surface area contributed by atoms with Crippen LogP contribution in [0.3, 0.4) is 0 Å². The minimum Gasteiger partial charge on any atom is -0.295 e. The van der Waals surface area contributed by atoms with Crippen LogP contribution in [0.15, 0.2) is 42.7 Å². The van der Waals surface area contributed by atoms with Gasteiger partial charge in [0, 0.05) is 11.9 Å². The zero-order valence-electron chi connectivity index (χ0n) is 11.5. The Morgan fingerprint density at radius 3 is 2.90 bits per heavy atom. The molecule has 0 radical (unpaired) electrons. The molecule has 4 heteroatoms. The molecule has 1 atom stereocenters. The highest BCUT2D eigenvalue weighted by Crippen LogP contribution is 2.28. The van der Waals surface area contributed by atoms with Gasteiger partial charge in [-0.05, 0) is 37.1 Å². The second-order valence-electron chi connectivity index (χ2n) is 4.81. The summed E-state index contributed by atoms with van der Waals surface area (Å²) in [5, 5.41) is -0.160. The summed E-state index contributed by atoms with van der Waals surface area (Å²) in [5.41, 5.74) is 4.31. The molecule has 2 aromatic heterocycles. The first-order valence-electron chi connectivity index (χ1n) is 6.76. The Balaban J connectivity index is 2.30. The van der Waals surface area contributed by atoms with E-state index in [-0.39, 0.29) is 5.38 Å². The Hall–Kier alpha value is -1.87. The average Bonchev–Trinajstić information content (AvgIpc) is 2.87. The third-order valence-corrected chi connectivity index (χ3v) is 3.61. The van der Waals surface area contributed by atoms with E-state index in [0.29, 0.717) is 0 Å². The number of nitrogens with zero attached hydrogens (tertiary/aromatic N) is 3. The van der Waals surface area contributed by atoms with Gasteiger partial charge in [0.1, 0.15) is 11.3 Å². The Morgan fingerprint density at radius 1 is 1.30 bits per heavy atom. The summed E-state index contributed by atoms with van der Waals surface area (Å²) in [4.78, 5) is 8.75. The number of alkyl halides is 1. The normalized spacial score (nSPS) is 12.8. The Labute approximate surface area is 123 Å². The van der Waals surface area contributed by atoms with Crippen LogP contribution < -0.4 is 0 Å². The highest BCUT2D eigenvalue weighted by Gasteiger charge is 2.16. The molecule has 0 aliphatic carbocycles. The number of benzene rings is 1. The van der Waals surface area contributed by atoms with E-state index in [0.717, 1.165) is 29.0 Å². The molecule has 1 unspecified atom stereocenters. The van der Waals surface area contributed by atoms with E-state index < -0.39 is 0 Å². The predicted octanol–water partition coefficient (Wildman–Crippen LogP) is 4.28. The van der Waals surface area contributed by atoms with Crippen molar-refractivity contribution in [1.29, 1.82) is 0 Å². The van der Waals surface area contributed by atoms with Crippen molar-refractivity contribution in [3.05, 3.63) is 54.1 Å². The number of aromatic nitrogens is 3. The Bertz CT molecular complexity index is 746. The van der Waals surface area contributed by atoms with Crippen LogP contribution in [0.4, 0.5) is 0 Å². The number of rotatable bonds is 3. The van der Waals surface area contributed by atoms with Gasteiger partial charge in [0.2, 0.25) is 0 Å².